The smallest absolute Gasteiger partial charge is 0.338 e. The van der Waals surface area contributed by atoms with E-state index in [0.29, 0.717) is 28.4 Å². The monoisotopic (exact) mass is 1320 g/mol. The molecule has 0 spiro atoms. The van der Waals surface area contributed by atoms with E-state index < -0.39 is 30.4 Å². The third-order valence-electron chi connectivity index (χ3n) is 12.5. The third-order valence-corrected chi connectivity index (χ3v) is 14.2. The molecule has 11 rings (SSSR count). The van der Waals surface area contributed by atoms with E-state index in [9.17, 15) is 38.8 Å². The molecule has 0 aromatic carbocycles. The van der Waals surface area contributed by atoms with Crippen LogP contribution in [0.2, 0.25) is 0 Å². The minimum atomic E-state index is -3.71. The number of anilines is 3. The Morgan fingerprint density at radius 2 is 0.963 bits per heavy atom. The van der Waals surface area contributed by atoms with Crippen LogP contribution in [0.15, 0.2) is 138 Å². The molecule has 0 atom stereocenters. The van der Waals surface area contributed by atoms with Crippen LogP contribution in [-0.2, 0) is 9.84 Å². The van der Waals surface area contributed by atoms with Crippen molar-refractivity contribution in [2.45, 2.75) is 10.1 Å². The standard InChI is InChI=1S/C14H20N6O2.C14H22N6.C8H7N3O4S.C8H7N3O2S.C5H7N2.2ClH.HI/c1-17-8-10-18(11-9-17)7-5-15-14-13(20(21)22)12-4-2-3-6-19(12)16-14;1-18-8-10-19(11-9-18)7-5-16-14-13(15)12-4-2-3-6-20(12)17-14;1-16(14,15)8-7(11(12)13)6-4-2-3-5-10(6)9-8;1-14-8-7(11(12)13)6-4-2-3-5-10(6)9-8;6-7-4-2-1-3-5-7;;;/h2-4,6H,5,7-11H2,1H3,(H,15,16);2-4,6H,5,7-11,15H2,1H3,(H,16,17);2-5H,1H3;2-5H,1H3;1-5H,6H2;3*1H/q;;;;+1;;;/p-1. The van der Waals surface area contributed by atoms with Gasteiger partial charge < -0.3 is 50.1 Å². The van der Waals surface area contributed by atoms with Gasteiger partial charge in [-0.15, -0.1) is 51.9 Å². The maximum atomic E-state index is 11.3. The lowest BCUT2D eigenvalue weighted by Gasteiger charge is -2.32. The van der Waals surface area contributed by atoms with Crippen molar-refractivity contribution in [3.63, 3.8) is 0 Å². The second-order valence-electron chi connectivity index (χ2n) is 18.1. The number of hydrogen-bond donors (Lipinski definition) is 4. The number of aromatic nitrogens is 9. The van der Waals surface area contributed by atoms with Gasteiger partial charge >= 0.3 is 17.1 Å². The summed E-state index contributed by atoms with van der Waals surface area (Å²) in [5.74, 6) is 6.40. The number of nitro groups is 3. The molecule has 2 aliphatic rings. The highest BCUT2D eigenvalue weighted by molar-refractivity contribution is 7.98. The fraction of sp³-hybridized carbons (Fsp3) is 0.327. The van der Waals surface area contributed by atoms with Gasteiger partial charge in [0.05, 0.1) is 20.3 Å². The van der Waals surface area contributed by atoms with Crippen molar-refractivity contribution in [3.8, 4) is 0 Å². The van der Waals surface area contributed by atoms with Crippen LogP contribution in [0.25, 0.3) is 22.1 Å². The molecular formula is C49H65Cl2IN20O8S2. The number of nitrogens with two attached hydrogens (primary N) is 2. The first-order chi connectivity index (χ1) is 37.9. The topological polar surface area (TPSA) is 326 Å². The number of likely N-dealkylation sites (N-methyl/N-ethyl adjacent to an activating group) is 2. The fourth-order valence-electron chi connectivity index (χ4n) is 8.31. The Balaban J connectivity index is 0.000000225. The zero-order valence-corrected chi connectivity index (χ0v) is 50.6. The van der Waals surface area contributed by atoms with Crippen LogP contribution >= 0.6 is 36.6 Å². The van der Waals surface area contributed by atoms with Crippen LogP contribution in [0.3, 0.4) is 0 Å². The lowest BCUT2D eigenvalue weighted by atomic mass is 10.3. The number of rotatable bonds is 13. The largest absolute Gasteiger partial charge is 1.00 e. The van der Waals surface area contributed by atoms with Gasteiger partial charge in [0, 0.05) is 122 Å². The van der Waals surface area contributed by atoms with Gasteiger partial charge in [0.1, 0.15) is 22.2 Å². The minimum Gasteiger partial charge on any atom is -1.00 e. The molecule has 33 heteroatoms. The molecule has 9 aromatic heterocycles. The Morgan fingerprint density at radius 1 is 0.573 bits per heavy atom. The summed E-state index contributed by atoms with van der Waals surface area (Å²) in [6.07, 6.45) is 13.0. The van der Waals surface area contributed by atoms with Crippen molar-refractivity contribution in [2.75, 3.05) is 127 Å². The van der Waals surface area contributed by atoms with Crippen LogP contribution in [0, 0.1) is 30.3 Å². The summed E-state index contributed by atoms with van der Waals surface area (Å²) in [5, 5.41) is 55.8. The predicted molar refractivity (Wildman–Crippen MR) is 316 cm³/mol. The number of halogens is 3. The lowest BCUT2D eigenvalue weighted by Crippen LogP contribution is -3.00. The van der Waals surface area contributed by atoms with E-state index in [1.165, 1.54) is 42.2 Å². The summed E-state index contributed by atoms with van der Waals surface area (Å²) in [6.45, 7) is 12.2. The number of pyridine rings is 5. The van der Waals surface area contributed by atoms with Crippen LogP contribution in [0.5, 0.6) is 0 Å². The Kier molecular flexibility index (Phi) is 26.1. The Morgan fingerprint density at radius 3 is 1.38 bits per heavy atom. The lowest BCUT2D eigenvalue weighted by molar-refractivity contribution is -0.638. The molecular weight excluding hydrogens is 1260 g/mol. The number of piperazine rings is 2. The van der Waals surface area contributed by atoms with Crippen molar-refractivity contribution >= 4 is 103 Å². The summed E-state index contributed by atoms with van der Waals surface area (Å²) in [5.41, 5.74) is 8.63. The van der Waals surface area contributed by atoms with Crippen LogP contribution < -0.4 is 50.9 Å². The molecule has 0 aliphatic carbocycles. The van der Waals surface area contributed by atoms with E-state index in [-0.39, 0.29) is 70.6 Å². The van der Waals surface area contributed by atoms with E-state index in [1.807, 2.05) is 47.1 Å². The summed E-state index contributed by atoms with van der Waals surface area (Å²) in [7, 11) is 0.580. The molecule has 2 fully saturated rings. The quantitative estimate of drug-likeness (QED) is 0.0318. The number of nitrogen functional groups attached to an aromatic ring is 2. The number of fused-ring (bicyclic) bond motifs is 4. The minimum absolute atomic E-state index is 0. The molecule has 11 heterocycles. The molecule has 0 radical (unpaired) electrons. The van der Waals surface area contributed by atoms with Gasteiger partial charge in [0.2, 0.25) is 15.7 Å². The summed E-state index contributed by atoms with van der Waals surface area (Å²) in [6, 6.07) is 26.7. The van der Waals surface area contributed by atoms with Gasteiger partial charge in [-0.3, -0.25) is 40.1 Å². The second kappa shape index (κ2) is 31.8. The molecule has 0 saturated carbocycles. The highest BCUT2D eigenvalue weighted by Crippen LogP contribution is 2.31. The van der Waals surface area contributed by atoms with Crippen molar-refractivity contribution < 1.29 is 51.8 Å². The molecule has 0 unspecified atom stereocenters. The third kappa shape index (κ3) is 17.9. The Labute approximate surface area is 505 Å². The first-order valence-electron chi connectivity index (χ1n) is 24.8. The zero-order chi connectivity index (χ0) is 56.6. The number of nitrogens with one attached hydrogen (secondary N) is 2. The zero-order valence-electron chi connectivity index (χ0n) is 45.2. The SMILES string of the molecule is CN1CCN(CCNc2nn3ccccc3c2N)CC1.CN1CCN(CCNc2nn3ccccc3c2[N+](=O)[O-])CC1.CS(=O)(=O)c1nn2ccccc2c1[N+](=O)[O-].CSc1nn2ccccc2c1[N+](=O)[O-].Cl.Cl.N[n+]1ccccc1.[I-]. The highest BCUT2D eigenvalue weighted by atomic mass is 127. The van der Waals surface area contributed by atoms with Crippen molar-refractivity contribution in [3.05, 3.63) is 159 Å². The number of sulfone groups is 1. The van der Waals surface area contributed by atoms with Crippen LogP contribution in [0.1, 0.15) is 0 Å². The molecule has 0 bridgehead atoms. The van der Waals surface area contributed by atoms with Gasteiger partial charge in [0.15, 0.2) is 23.2 Å². The average Bonchev–Trinajstić information content (AvgIpc) is 4.44. The normalized spacial score (nSPS) is 13.7. The van der Waals surface area contributed by atoms with Gasteiger partial charge in [0.25, 0.3) is 5.03 Å². The van der Waals surface area contributed by atoms with Crippen LogP contribution in [0.4, 0.5) is 34.4 Å². The second-order valence-corrected chi connectivity index (χ2v) is 20.8. The van der Waals surface area contributed by atoms with Gasteiger partial charge in [-0.2, -0.15) is 5.10 Å². The molecule has 2 saturated heterocycles. The highest BCUT2D eigenvalue weighted by Gasteiger charge is 2.30. The van der Waals surface area contributed by atoms with Crippen molar-refractivity contribution in [2.24, 2.45) is 0 Å². The number of nitrogens with zero attached hydrogens (tertiary/aromatic N) is 16. The molecule has 82 heavy (non-hydrogen) atoms. The van der Waals surface area contributed by atoms with E-state index in [1.54, 1.807) is 79.6 Å². The van der Waals surface area contributed by atoms with Gasteiger partial charge in [-0.25, -0.2) is 32.3 Å². The number of hydrogen-bond acceptors (Lipinski definition) is 21. The molecule has 0 amide bonds. The maximum Gasteiger partial charge on any atom is 0.338 e. The average molecular weight is 1320 g/mol. The van der Waals surface area contributed by atoms with E-state index in [0.717, 1.165) is 95.3 Å². The molecule has 2 aliphatic heterocycles. The maximum absolute atomic E-state index is 11.3. The van der Waals surface area contributed by atoms with Crippen molar-refractivity contribution in [1.82, 2.24) is 58.1 Å². The van der Waals surface area contributed by atoms with E-state index in [4.69, 9.17) is 11.6 Å². The predicted octanol–water partition coefficient (Wildman–Crippen LogP) is 1.62. The van der Waals surface area contributed by atoms with E-state index >= 15 is 0 Å². The molecule has 9 aromatic rings. The Hall–Kier alpha value is -7.24. The first kappa shape index (κ1) is 67.3. The molecule has 6 N–H and O–H groups in total. The summed E-state index contributed by atoms with van der Waals surface area (Å²) in [4.78, 5) is 40.9. The summed E-state index contributed by atoms with van der Waals surface area (Å²) >= 11 is 1.28. The first-order valence-corrected chi connectivity index (χ1v) is 27.9. The Bertz CT molecular complexity index is 3620. The van der Waals surface area contributed by atoms with Gasteiger partial charge in [-0.1, -0.05) is 35.0 Å². The van der Waals surface area contributed by atoms with Gasteiger partial charge in [-0.05, 0) is 68.9 Å². The van der Waals surface area contributed by atoms with Crippen LogP contribution in [-0.4, -0.2) is 186 Å². The van der Waals surface area contributed by atoms with E-state index in [2.05, 4.69) is 64.7 Å². The number of thioether (sulfide) groups is 1. The molecule has 28 nitrogen and oxygen atoms in total. The van der Waals surface area contributed by atoms with Crippen molar-refractivity contribution in [1.29, 1.82) is 0 Å². The summed E-state index contributed by atoms with van der Waals surface area (Å²) < 4.78 is 30.2. The molecule has 442 valence electrons. The fourth-order valence-corrected chi connectivity index (χ4v) is 9.62.